The normalized spacial score (nSPS) is 21.5. The molecule has 2 aliphatic heterocycles. The highest BCUT2D eigenvalue weighted by molar-refractivity contribution is 7.94. The molecule has 30 heavy (non-hydrogen) atoms. The minimum Gasteiger partial charge on any atom is -0.354 e. The predicted octanol–water partition coefficient (Wildman–Crippen LogP) is 1.97. The number of carbonyl (C=O) groups is 2. The number of halogens is 1. The van der Waals surface area contributed by atoms with Crippen LogP contribution >= 0.6 is 0 Å². The first-order valence-electron chi connectivity index (χ1n) is 9.78. The van der Waals surface area contributed by atoms with E-state index in [4.69, 9.17) is 0 Å². The molecule has 0 aliphatic carbocycles. The van der Waals surface area contributed by atoms with Crippen molar-refractivity contribution in [2.24, 2.45) is 5.92 Å². The lowest BCUT2D eigenvalue weighted by molar-refractivity contribution is -0.140. The van der Waals surface area contributed by atoms with Gasteiger partial charge in [0.2, 0.25) is 21.8 Å². The van der Waals surface area contributed by atoms with Gasteiger partial charge in [0.1, 0.15) is 5.82 Å². The molecule has 4 rings (SSSR count). The zero-order valence-electron chi connectivity index (χ0n) is 16.2. The van der Waals surface area contributed by atoms with Crippen LogP contribution in [0.2, 0.25) is 0 Å². The number of rotatable bonds is 5. The summed E-state index contributed by atoms with van der Waals surface area (Å²) in [7, 11) is -4.26. The fourth-order valence-corrected chi connectivity index (χ4v) is 5.13. The van der Waals surface area contributed by atoms with Crippen molar-refractivity contribution in [2.45, 2.75) is 18.1 Å². The van der Waals surface area contributed by atoms with Gasteiger partial charge in [0.15, 0.2) is 5.25 Å². The molecular formula is C21H22FN3O4S. The first kappa shape index (κ1) is 20.3. The molecule has 2 heterocycles. The summed E-state index contributed by atoms with van der Waals surface area (Å²) >= 11 is 0. The van der Waals surface area contributed by atoms with E-state index in [2.05, 4.69) is 10.0 Å². The molecule has 0 bridgehead atoms. The molecule has 2 fully saturated rings. The minimum atomic E-state index is -4.26. The molecule has 2 atom stereocenters. The molecular weight excluding hydrogens is 409 g/mol. The molecule has 158 valence electrons. The van der Waals surface area contributed by atoms with Crippen LogP contribution in [-0.4, -0.2) is 50.0 Å². The van der Waals surface area contributed by atoms with Crippen LogP contribution in [0.4, 0.5) is 10.1 Å². The number of sulfonamides is 1. The third-order valence-electron chi connectivity index (χ3n) is 5.53. The van der Waals surface area contributed by atoms with Gasteiger partial charge in [-0.3, -0.25) is 14.3 Å². The number of anilines is 1. The number of hydrogen-bond acceptors (Lipinski definition) is 4. The number of benzene rings is 2. The predicted molar refractivity (Wildman–Crippen MR) is 110 cm³/mol. The number of likely N-dealkylation sites (tertiary alicyclic amines) is 1. The summed E-state index contributed by atoms with van der Waals surface area (Å²) in [5, 5.41) is 1.04. The van der Waals surface area contributed by atoms with E-state index in [1.165, 1.54) is 12.1 Å². The Balaban J connectivity index is 1.56. The largest absolute Gasteiger partial charge is 0.354 e. The monoisotopic (exact) mass is 431 g/mol. The standard InChI is InChI=1S/C21H22FN3O4S/c22-17-8-7-15(14-5-2-1-3-6-14)11-18(17)24-30(28,29)19-12-16(13-23-20(19)26)21(27)25-9-4-10-25/h1-3,5-8,11,16,19,24H,4,9-10,12-13H2,(H,23,26). The molecule has 0 saturated carbocycles. The van der Waals surface area contributed by atoms with E-state index >= 15 is 0 Å². The maximum absolute atomic E-state index is 14.4. The minimum absolute atomic E-state index is 0.109. The second-order valence-electron chi connectivity index (χ2n) is 7.55. The van der Waals surface area contributed by atoms with E-state index in [1.807, 2.05) is 30.3 Å². The van der Waals surface area contributed by atoms with Crippen molar-refractivity contribution in [3.8, 4) is 11.1 Å². The van der Waals surface area contributed by atoms with Gasteiger partial charge in [0.05, 0.1) is 11.6 Å². The van der Waals surface area contributed by atoms with E-state index in [0.29, 0.717) is 18.7 Å². The van der Waals surface area contributed by atoms with E-state index in [0.717, 1.165) is 12.0 Å². The number of nitrogens with one attached hydrogen (secondary N) is 2. The second kappa shape index (κ2) is 8.06. The Bertz CT molecular complexity index is 1070. The van der Waals surface area contributed by atoms with Crippen LogP contribution in [0.1, 0.15) is 12.8 Å². The molecule has 2 unspecified atom stereocenters. The highest BCUT2D eigenvalue weighted by atomic mass is 32.2. The Morgan fingerprint density at radius 1 is 1.10 bits per heavy atom. The molecule has 2 amide bonds. The average molecular weight is 431 g/mol. The van der Waals surface area contributed by atoms with Crippen LogP contribution in [0.15, 0.2) is 48.5 Å². The van der Waals surface area contributed by atoms with Crippen molar-refractivity contribution in [2.75, 3.05) is 24.4 Å². The second-order valence-corrected chi connectivity index (χ2v) is 9.42. The fraction of sp³-hybridized carbons (Fsp3) is 0.333. The van der Waals surface area contributed by atoms with E-state index < -0.39 is 32.9 Å². The van der Waals surface area contributed by atoms with Gasteiger partial charge in [-0.1, -0.05) is 36.4 Å². The maximum Gasteiger partial charge on any atom is 0.244 e. The quantitative estimate of drug-likeness (QED) is 0.757. The smallest absolute Gasteiger partial charge is 0.244 e. The van der Waals surface area contributed by atoms with Crippen molar-refractivity contribution in [3.05, 3.63) is 54.3 Å². The van der Waals surface area contributed by atoms with Crippen molar-refractivity contribution < 1.29 is 22.4 Å². The molecule has 2 N–H and O–H groups in total. The molecule has 2 saturated heterocycles. The molecule has 0 aromatic heterocycles. The van der Waals surface area contributed by atoms with Crippen molar-refractivity contribution in [1.82, 2.24) is 10.2 Å². The van der Waals surface area contributed by atoms with Gasteiger partial charge in [-0.15, -0.1) is 0 Å². The molecule has 9 heteroatoms. The molecule has 2 aliphatic rings. The molecule has 7 nitrogen and oxygen atoms in total. The Hall–Kier alpha value is -2.94. The summed E-state index contributed by atoms with van der Waals surface area (Å²) in [6, 6.07) is 13.3. The van der Waals surface area contributed by atoms with Crippen LogP contribution in [0, 0.1) is 11.7 Å². The summed E-state index contributed by atoms with van der Waals surface area (Å²) in [5.41, 5.74) is 1.20. The molecule has 0 spiro atoms. The molecule has 0 radical (unpaired) electrons. The summed E-state index contributed by atoms with van der Waals surface area (Å²) in [6.07, 6.45) is 0.793. The zero-order chi connectivity index (χ0) is 21.3. The lowest BCUT2D eigenvalue weighted by Gasteiger charge is -2.36. The molecule has 2 aromatic carbocycles. The van der Waals surface area contributed by atoms with E-state index in [1.54, 1.807) is 11.0 Å². The van der Waals surface area contributed by atoms with Crippen molar-refractivity contribution in [3.63, 3.8) is 0 Å². The van der Waals surface area contributed by atoms with Crippen LogP contribution in [0.5, 0.6) is 0 Å². The maximum atomic E-state index is 14.4. The highest BCUT2D eigenvalue weighted by Crippen LogP contribution is 2.28. The first-order valence-corrected chi connectivity index (χ1v) is 11.3. The zero-order valence-corrected chi connectivity index (χ0v) is 17.0. The third-order valence-corrected chi connectivity index (χ3v) is 7.19. The topological polar surface area (TPSA) is 95.6 Å². The number of piperidine rings is 1. The van der Waals surface area contributed by atoms with Gasteiger partial charge in [-0.2, -0.15) is 0 Å². The Labute approximate surface area is 174 Å². The number of nitrogens with zero attached hydrogens (tertiary/aromatic N) is 1. The van der Waals surface area contributed by atoms with Crippen LogP contribution in [-0.2, 0) is 19.6 Å². The van der Waals surface area contributed by atoms with Gasteiger partial charge >= 0.3 is 0 Å². The van der Waals surface area contributed by atoms with Gasteiger partial charge < -0.3 is 10.2 Å². The average Bonchev–Trinajstić information content (AvgIpc) is 2.69. The summed E-state index contributed by atoms with van der Waals surface area (Å²) < 4.78 is 42.4. The van der Waals surface area contributed by atoms with Crippen LogP contribution in [0.3, 0.4) is 0 Å². The van der Waals surface area contributed by atoms with E-state index in [-0.39, 0.29) is 24.6 Å². The Kier molecular flexibility index (Phi) is 5.46. The lowest BCUT2D eigenvalue weighted by atomic mass is 9.96. The summed E-state index contributed by atoms with van der Waals surface area (Å²) in [5.74, 6) is -2.19. The van der Waals surface area contributed by atoms with Gasteiger partial charge in [-0.25, -0.2) is 12.8 Å². The Morgan fingerprint density at radius 3 is 2.50 bits per heavy atom. The Morgan fingerprint density at radius 2 is 1.83 bits per heavy atom. The summed E-state index contributed by atoms with van der Waals surface area (Å²) in [6.45, 7) is 1.41. The number of carbonyl (C=O) groups excluding carboxylic acids is 2. The van der Waals surface area contributed by atoms with Crippen molar-refractivity contribution in [1.29, 1.82) is 0 Å². The number of amides is 2. The summed E-state index contributed by atoms with van der Waals surface area (Å²) in [4.78, 5) is 26.4. The van der Waals surface area contributed by atoms with Crippen molar-refractivity contribution >= 4 is 27.5 Å². The van der Waals surface area contributed by atoms with Crippen LogP contribution in [0.25, 0.3) is 11.1 Å². The van der Waals surface area contributed by atoms with Crippen LogP contribution < -0.4 is 10.0 Å². The molecule has 2 aromatic rings. The highest BCUT2D eigenvalue weighted by Gasteiger charge is 2.42. The fourth-order valence-electron chi connectivity index (χ4n) is 3.67. The number of hydrogen-bond donors (Lipinski definition) is 2. The lowest BCUT2D eigenvalue weighted by Crippen LogP contribution is -2.55. The van der Waals surface area contributed by atoms with Gasteiger partial charge in [-0.05, 0) is 36.1 Å². The van der Waals surface area contributed by atoms with Gasteiger partial charge in [0, 0.05) is 19.6 Å². The van der Waals surface area contributed by atoms with Gasteiger partial charge in [0.25, 0.3) is 0 Å². The first-order chi connectivity index (χ1) is 14.3. The van der Waals surface area contributed by atoms with E-state index in [9.17, 15) is 22.4 Å². The SMILES string of the molecule is O=C1NCC(C(=O)N2CCC2)CC1S(=O)(=O)Nc1cc(-c2ccccc2)ccc1F. The third kappa shape index (κ3) is 4.02.